The summed E-state index contributed by atoms with van der Waals surface area (Å²) in [5.41, 5.74) is -0.476. The van der Waals surface area contributed by atoms with E-state index in [1.807, 2.05) is 0 Å². The third-order valence-corrected chi connectivity index (χ3v) is 3.70. The van der Waals surface area contributed by atoms with Crippen molar-refractivity contribution in [3.05, 3.63) is 40.6 Å². The molecule has 2 rings (SSSR count). The van der Waals surface area contributed by atoms with E-state index in [0.29, 0.717) is 0 Å². The molecule has 1 N–H and O–H groups in total. The Hall–Kier alpha value is -2.22. The van der Waals surface area contributed by atoms with E-state index in [1.165, 1.54) is 18.2 Å². The molecule has 1 aromatic rings. The molecule has 19 heavy (non-hydrogen) atoms. The predicted molar refractivity (Wildman–Crippen MR) is 64.0 cm³/mol. The molecule has 0 radical (unpaired) electrons. The fourth-order valence-corrected chi connectivity index (χ4v) is 2.43. The second kappa shape index (κ2) is 4.81. The highest BCUT2D eigenvalue weighted by Gasteiger charge is 2.30. The van der Waals surface area contributed by atoms with Crippen LogP contribution in [-0.2, 0) is 14.8 Å². The number of aliphatic carboxylic acids is 1. The number of benzene rings is 1. The van der Waals surface area contributed by atoms with Crippen molar-refractivity contribution in [1.29, 1.82) is 0 Å². The first kappa shape index (κ1) is 13.2. The number of para-hydroxylation sites is 1. The molecular weight excluding hydrogens is 277 g/mol. The van der Waals surface area contributed by atoms with Gasteiger partial charge in [0.15, 0.2) is 11.6 Å². The molecule has 1 aliphatic rings. The van der Waals surface area contributed by atoms with Gasteiger partial charge in [0.2, 0.25) is 0 Å². The molecule has 0 aromatic heterocycles. The molecule has 1 aliphatic heterocycles. The molecule has 6 nitrogen and oxygen atoms in total. The Bertz CT molecular complexity index is 693. The first-order valence-corrected chi connectivity index (χ1v) is 6.50. The van der Waals surface area contributed by atoms with Gasteiger partial charge < -0.3 is 9.84 Å². The van der Waals surface area contributed by atoms with E-state index in [2.05, 4.69) is 4.40 Å². The largest absolute Gasteiger partial charge is 0.485 e. The van der Waals surface area contributed by atoms with E-state index < -0.39 is 38.9 Å². The minimum absolute atomic E-state index is 0.165. The number of ether oxygens (including phenoxy) is 1. The fourth-order valence-electron chi connectivity index (χ4n) is 1.43. The maximum atomic E-state index is 13.3. The maximum absolute atomic E-state index is 13.3. The molecule has 0 saturated carbocycles. The summed E-state index contributed by atoms with van der Waals surface area (Å²) in [5, 5.41) is 8.82. The molecule has 0 atom stereocenters. The molecule has 0 amide bonds. The molecule has 0 fully saturated rings. The van der Waals surface area contributed by atoms with Gasteiger partial charge in [0.25, 0.3) is 10.0 Å². The average Bonchev–Trinajstić information content (AvgIpc) is 2.64. The van der Waals surface area contributed by atoms with Crippen LogP contribution in [0.2, 0.25) is 0 Å². The van der Waals surface area contributed by atoms with E-state index in [-0.39, 0.29) is 5.75 Å². The summed E-state index contributed by atoms with van der Waals surface area (Å²) in [6, 6.07) is 5.39. The summed E-state index contributed by atoms with van der Waals surface area (Å²) < 4.78 is 44.3. The maximum Gasteiger partial charge on any atom is 0.338 e. The van der Waals surface area contributed by atoms with Crippen LogP contribution in [0.3, 0.4) is 0 Å². The van der Waals surface area contributed by atoms with Gasteiger partial charge in [-0.3, -0.25) is 0 Å². The molecule has 8 heteroatoms. The highest BCUT2D eigenvalue weighted by Crippen LogP contribution is 2.23. The second-order valence-corrected chi connectivity index (χ2v) is 5.22. The van der Waals surface area contributed by atoms with Gasteiger partial charge in [-0.1, -0.05) is 12.1 Å². The Morgan fingerprint density at radius 3 is 2.68 bits per heavy atom. The van der Waals surface area contributed by atoms with Crippen molar-refractivity contribution < 1.29 is 27.4 Å². The fraction of sp³-hybridized carbons (Fsp3) is 0.0909. The van der Waals surface area contributed by atoms with Gasteiger partial charge >= 0.3 is 5.97 Å². The highest BCUT2D eigenvalue weighted by molar-refractivity contribution is 7.94. The SMILES string of the molecule is O=C(O)C1=C(COc2ccccc2F)S(=O)(=O)N=C1. The number of halogens is 1. The lowest BCUT2D eigenvalue weighted by Gasteiger charge is -2.07. The monoisotopic (exact) mass is 285 g/mol. The summed E-state index contributed by atoms with van der Waals surface area (Å²) in [4.78, 5) is 10.3. The van der Waals surface area contributed by atoms with Crippen LogP contribution in [0.15, 0.2) is 39.1 Å². The summed E-state index contributed by atoms with van der Waals surface area (Å²) >= 11 is 0. The zero-order chi connectivity index (χ0) is 14.0. The highest BCUT2D eigenvalue weighted by atomic mass is 32.2. The van der Waals surface area contributed by atoms with Gasteiger partial charge in [-0.05, 0) is 12.1 Å². The van der Waals surface area contributed by atoms with E-state index in [9.17, 15) is 17.6 Å². The summed E-state index contributed by atoms with van der Waals surface area (Å²) in [6.45, 7) is -0.592. The summed E-state index contributed by atoms with van der Waals surface area (Å²) in [5.74, 6) is -2.27. The standard InChI is InChI=1S/C11H8FNO5S/c12-8-3-1-2-4-9(8)18-6-10-7(11(14)15)5-13-19(10,16)17/h1-5H,6H2,(H,14,15). The first-order chi connectivity index (χ1) is 8.92. The van der Waals surface area contributed by atoms with Crippen LogP contribution in [0.5, 0.6) is 5.75 Å². The molecule has 0 bridgehead atoms. The number of nitrogens with zero attached hydrogens (tertiary/aromatic N) is 1. The van der Waals surface area contributed by atoms with E-state index >= 15 is 0 Å². The number of rotatable bonds is 4. The molecule has 1 aromatic carbocycles. The van der Waals surface area contributed by atoms with Gasteiger partial charge in [0.1, 0.15) is 11.5 Å². The average molecular weight is 285 g/mol. The number of hydrogen-bond donors (Lipinski definition) is 1. The molecule has 0 saturated heterocycles. The van der Waals surface area contributed by atoms with Crippen molar-refractivity contribution in [3.8, 4) is 5.75 Å². The lowest BCUT2D eigenvalue weighted by molar-refractivity contribution is -0.132. The first-order valence-electron chi connectivity index (χ1n) is 5.06. The lowest BCUT2D eigenvalue weighted by atomic mass is 10.3. The number of hydrogen-bond acceptors (Lipinski definition) is 4. The van der Waals surface area contributed by atoms with Gasteiger partial charge in [0, 0.05) is 0 Å². The van der Waals surface area contributed by atoms with Crippen LogP contribution in [0.4, 0.5) is 4.39 Å². The Morgan fingerprint density at radius 1 is 1.37 bits per heavy atom. The molecule has 0 spiro atoms. The Balaban J connectivity index is 2.26. The molecule has 0 unspecified atom stereocenters. The molecule has 1 heterocycles. The smallest absolute Gasteiger partial charge is 0.338 e. The van der Waals surface area contributed by atoms with Crippen molar-refractivity contribution in [2.45, 2.75) is 0 Å². The van der Waals surface area contributed by atoms with Crippen LogP contribution in [0.1, 0.15) is 0 Å². The third-order valence-electron chi connectivity index (χ3n) is 2.36. The molecule has 100 valence electrons. The van der Waals surface area contributed by atoms with E-state index in [4.69, 9.17) is 9.84 Å². The van der Waals surface area contributed by atoms with Gasteiger partial charge in [-0.2, -0.15) is 12.8 Å². The number of sulfonamides is 1. The van der Waals surface area contributed by atoms with Gasteiger partial charge in [-0.25, -0.2) is 9.18 Å². The van der Waals surface area contributed by atoms with Crippen molar-refractivity contribution in [2.75, 3.05) is 6.61 Å². The summed E-state index contributed by atoms with van der Waals surface area (Å²) in [7, 11) is -4.04. The van der Waals surface area contributed by atoms with Crippen LogP contribution in [-0.4, -0.2) is 32.3 Å². The Morgan fingerprint density at radius 2 is 2.05 bits per heavy atom. The summed E-state index contributed by atoms with van der Waals surface area (Å²) in [6.07, 6.45) is 0.734. The lowest BCUT2D eigenvalue weighted by Crippen LogP contribution is -2.13. The second-order valence-electron chi connectivity index (χ2n) is 3.57. The third kappa shape index (κ3) is 2.63. The quantitative estimate of drug-likeness (QED) is 0.889. The van der Waals surface area contributed by atoms with Crippen LogP contribution >= 0.6 is 0 Å². The molecule has 0 aliphatic carbocycles. The predicted octanol–water partition coefficient (Wildman–Crippen LogP) is 0.957. The van der Waals surface area contributed by atoms with Crippen LogP contribution < -0.4 is 4.74 Å². The van der Waals surface area contributed by atoms with Crippen molar-refractivity contribution in [3.63, 3.8) is 0 Å². The topological polar surface area (TPSA) is 93.0 Å². The normalized spacial score (nSPS) is 16.7. The zero-order valence-corrected chi connectivity index (χ0v) is 10.2. The van der Waals surface area contributed by atoms with Crippen LogP contribution in [0.25, 0.3) is 0 Å². The van der Waals surface area contributed by atoms with Gasteiger partial charge in [-0.15, -0.1) is 0 Å². The molecular formula is C11H8FNO5S. The Labute approximate surface area is 107 Å². The minimum atomic E-state index is -4.04. The Kier molecular flexibility index (Phi) is 3.34. The van der Waals surface area contributed by atoms with Crippen molar-refractivity contribution >= 4 is 22.2 Å². The number of carbonyl (C=O) groups is 1. The van der Waals surface area contributed by atoms with E-state index in [0.717, 1.165) is 12.3 Å². The van der Waals surface area contributed by atoms with Crippen molar-refractivity contribution in [1.82, 2.24) is 0 Å². The zero-order valence-electron chi connectivity index (χ0n) is 9.41. The van der Waals surface area contributed by atoms with Crippen LogP contribution in [0, 0.1) is 5.82 Å². The number of carboxylic acids is 1. The van der Waals surface area contributed by atoms with Gasteiger partial charge in [0.05, 0.1) is 11.8 Å². The van der Waals surface area contributed by atoms with Crippen molar-refractivity contribution in [2.24, 2.45) is 4.40 Å². The van der Waals surface area contributed by atoms with E-state index in [1.54, 1.807) is 0 Å². The number of carboxylic acid groups (broad SMARTS) is 1. The minimum Gasteiger partial charge on any atom is -0.485 e.